The fourth-order valence-electron chi connectivity index (χ4n) is 4.51. The van der Waals surface area contributed by atoms with E-state index in [4.69, 9.17) is 18.0 Å². The minimum absolute atomic E-state index is 0.181. The van der Waals surface area contributed by atoms with Crippen LogP contribution in [0.1, 0.15) is 44.6 Å². The molecule has 0 bridgehead atoms. The van der Waals surface area contributed by atoms with E-state index in [1.807, 2.05) is 38.1 Å². The Hall–Kier alpha value is -2.21. The molecule has 4 N–H and O–H groups in total. The third-order valence-electron chi connectivity index (χ3n) is 5.65. The smallest absolute Gasteiger partial charge is 0.253 e. The van der Waals surface area contributed by atoms with E-state index in [1.165, 1.54) is 0 Å². The molecule has 3 rings (SSSR count). The summed E-state index contributed by atoms with van der Waals surface area (Å²) >= 11 is 5.45. The largest absolute Gasteiger partial charge is 0.369 e. The minimum Gasteiger partial charge on any atom is -0.369 e. The number of para-hydroxylation sites is 1. The molecule has 138 valence electrons. The van der Waals surface area contributed by atoms with Crippen molar-refractivity contribution in [2.75, 3.05) is 5.32 Å². The summed E-state index contributed by atoms with van der Waals surface area (Å²) in [4.78, 5) is 26.0. The highest BCUT2D eigenvalue weighted by molar-refractivity contribution is 7.80. The molecular formula is C20H25N3O2S. The fraction of sp³-hybridized carbons (Fsp3) is 0.450. The summed E-state index contributed by atoms with van der Waals surface area (Å²) in [6.07, 6.45) is 4.51. The summed E-state index contributed by atoms with van der Waals surface area (Å²) in [7, 11) is 0. The lowest BCUT2D eigenvalue weighted by Crippen LogP contribution is -2.55. The average molecular weight is 372 g/mol. The Morgan fingerprint density at radius 3 is 2.46 bits per heavy atom. The van der Waals surface area contributed by atoms with Crippen molar-refractivity contribution in [1.29, 1.82) is 0 Å². The summed E-state index contributed by atoms with van der Waals surface area (Å²) in [5.74, 6) is -1.28. The molecule has 0 unspecified atom stereocenters. The second-order valence-corrected chi connectivity index (χ2v) is 7.75. The van der Waals surface area contributed by atoms with Gasteiger partial charge in [-0.25, -0.2) is 0 Å². The molecule has 1 fully saturated rings. The first-order valence-electron chi connectivity index (χ1n) is 9.05. The molecule has 1 atom stereocenters. The van der Waals surface area contributed by atoms with Crippen LogP contribution in [0.3, 0.4) is 0 Å². The Morgan fingerprint density at radius 1 is 1.19 bits per heavy atom. The van der Waals surface area contributed by atoms with Gasteiger partial charge in [0.1, 0.15) is 0 Å². The van der Waals surface area contributed by atoms with Gasteiger partial charge in [-0.05, 0) is 38.3 Å². The number of rotatable bonds is 3. The van der Waals surface area contributed by atoms with Crippen LogP contribution in [0.15, 0.2) is 35.5 Å². The number of aryl methyl sites for hydroxylation is 1. The van der Waals surface area contributed by atoms with E-state index in [0.29, 0.717) is 10.6 Å². The van der Waals surface area contributed by atoms with Crippen molar-refractivity contribution in [3.05, 3.63) is 41.1 Å². The van der Waals surface area contributed by atoms with Crippen molar-refractivity contribution in [1.82, 2.24) is 5.32 Å². The summed E-state index contributed by atoms with van der Waals surface area (Å²) in [6, 6.07) is 7.65. The van der Waals surface area contributed by atoms with E-state index in [1.54, 1.807) is 0 Å². The maximum Gasteiger partial charge on any atom is 0.253 e. The van der Waals surface area contributed by atoms with E-state index in [0.717, 1.165) is 49.1 Å². The Morgan fingerprint density at radius 2 is 1.85 bits per heavy atom. The normalized spacial score (nSPS) is 22.1. The van der Waals surface area contributed by atoms with Gasteiger partial charge in [-0.2, -0.15) is 0 Å². The number of thiocarbonyl (C=S) groups is 1. The van der Waals surface area contributed by atoms with Crippen LogP contribution < -0.4 is 16.4 Å². The number of carbonyl (C=O) groups excluding carboxylic acids is 2. The number of benzene rings is 1. The van der Waals surface area contributed by atoms with Crippen molar-refractivity contribution in [3.63, 3.8) is 0 Å². The third-order valence-corrected chi connectivity index (χ3v) is 5.99. The van der Waals surface area contributed by atoms with Gasteiger partial charge in [-0.15, -0.1) is 0 Å². The Labute approximate surface area is 159 Å². The highest BCUT2D eigenvalue weighted by Gasteiger charge is 2.53. The first-order chi connectivity index (χ1) is 12.4. The van der Waals surface area contributed by atoms with Crippen LogP contribution >= 0.6 is 12.2 Å². The molecule has 1 heterocycles. The number of nitrogens with two attached hydrogens (primary N) is 1. The van der Waals surface area contributed by atoms with Crippen LogP contribution in [0.5, 0.6) is 0 Å². The summed E-state index contributed by atoms with van der Waals surface area (Å²) in [6.45, 7) is 3.81. The van der Waals surface area contributed by atoms with Gasteiger partial charge < -0.3 is 16.4 Å². The standard InChI is InChI=1S/C20H25N3O2S/c1-12-8-4-5-9-14(12)23-18(25)15-13(2)22-19(26)16(17(21)24)20(15)10-6-3-7-11-20/h4-5,8-9,16H,3,6-7,10-11H2,1-2H3,(H2,21,24)(H,22,26)(H,23,25)/t16-/m1/s1. The number of amides is 2. The van der Waals surface area contributed by atoms with Crippen LogP contribution in [0.25, 0.3) is 0 Å². The molecule has 1 aromatic carbocycles. The van der Waals surface area contributed by atoms with E-state index in [2.05, 4.69) is 10.6 Å². The number of allylic oxidation sites excluding steroid dienone is 1. The van der Waals surface area contributed by atoms with Gasteiger partial charge in [0.25, 0.3) is 5.91 Å². The molecule has 1 aromatic rings. The Bertz CT molecular complexity index is 794. The molecular weight excluding hydrogens is 346 g/mol. The van der Waals surface area contributed by atoms with Gasteiger partial charge >= 0.3 is 0 Å². The molecule has 0 radical (unpaired) electrons. The van der Waals surface area contributed by atoms with Crippen LogP contribution in [-0.4, -0.2) is 16.8 Å². The van der Waals surface area contributed by atoms with Crippen molar-refractivity contribution >= 4 is 34.7 Å². The average Bonchev–Trinajstić information content (AvgIpc) is 2.56. The van der Waals surface area contributed by atoms with E-state index in [-0.39, 0.29) is 5.91 Å². The molecule has 1 aliphatic heterocycles. The zero-order valence-electron chi connectivity index (χ0n) is 15.2. The minimum atomic E-state index is -0.640. The van der Waals surface area contributed by atoms with Gasteiger partial charge in [0.15, 0.2) is 0 Å². The SMILES string of the molecule is CC1=C(C(=O)Nc2ccccc2C)C2(CCCCC2)[C@H](C(N)=O)C(=S)N1. The highest BCUT2D eigenvalue weighted by atomic mass is 32.1. The topological polar surface area (TPSA) is 84.2 Å². The predicted molar refractivity (Wildman–Crippen MR) is 106 cm³/mol. The Balaban J connectivity index is 2.05. The van der Waals surface area contributed by atoms with Crippen LogP contribution in [-0.2, 0) is 9.59 Å². The quantitative estimate of drug-likeness (QED) is 0.713. The van der Waals surface area contributed by atoms with Gasteiger partial charge in [-0.1, -0.05) is 49.7 Å². The molecule has 2 aliphatic rings. The maximum absolute atomic E-state index is 13.3. The van der Waals surface area contributed by atoms with Crippen molar-refractivity contribution < 1.29 is 9.59 Å². The van der Waals surface area contributed by atoms with Crippen molar-refractivity contribution in [3.8, 4) is 0 Å². The summed E-state index contributed by atoms with van der Waals surface area (Å²) in [5, 5.41) is 6.09. The van der Waals surface area contributed by atoms with Gasteiger partial charge in [0, 0.05) is 22.4 Å². The first-order valence-corrected chi connectivity index (χ1v) is 9.46. The molecule has 0 saturated heterocycles. The van der Waals surface area contributed by atoms with Crippen LogP contribution in [0.4, 0.5) is 5.69 Å². The lowest BCUT2D eigenvalue weighted by Gasteiger charge is -2.47. The summed E-state index contributed by atoms with van der Waals surface area (Å²) < 4.78 is 0. The number of nitrogens with one attached hydrogen (secondary N) is 2. The number of hydrogen-bond donors (Lipinski definition) is 3. The van der Waals surface area contributed by atoms with Crippen LogP contribution in [0, 0.1) is 18.3 Å². The van der Waals surface area contributed by atoms with Gasteiger partial charge in [0.2, 0.25) is 5.91 Å². The molecule has 0 aromatic heterocycles. The molecule has 6 heteroatoms. The van der Waals surface area contributed by atoms with Gasteiger partial charge in [-0.3, -0.25) is 9.59 Å². The fourth-order valence-corrected chi connectivity index (χ4v) is 5.00. The molecule has 26 heavy (non-hydrogen) atoms. The van der Waals surface area contributed by atoms with E-state index < -0.39 is 17.2 Å². The van der Waals surface area contributed by atoms with Crippen molar-refractivity contribution in [2.24, 2.45) is 17.1 Å². The van der Waals surface area contributed by atoms with Crippen molar-refractivity contribution in [2.45, 2.75) is 46.0 Å². The van der Waals surface area contributed by atoms with E-state index in [9.17, 15) is 9.59 Å². The summed E-state index contributed by atoms with van der Waals surface area (Å²) in [5.41, 5.74) is 8.22. The lowest BCUT2D eigenvalue weighted by molar-refractivity contribution is -0.124. The Kier molecular flexibility index (Phi) is 5.14. The second-order valence-electron chi connectivity index (χ2n) is 7.31. The number of primary amides is 1. The molecule has 1 spiro atoms. The molecule has 5 nitrogen and oxygen atoms in total. The number of carbonyl (C=O) groups is 2. The molecule has 1 aliphatic carbocycles. The monoisotopic (exact) mass is 371 g/mol. The van der Waals surface area contributed by atoms with E-state index >= 15 is 0 Å². The highest BCUT2D eigenvalue weighted by Crippen LogP contribution is 2.51. The maximum atomic E-state index is 13.3. The first kappa shape index (κ1) is 18.6. The zero-order valence-corrected chi connectivity index (χ0v) is 16.0. The predicted octanol–water partition coefficient (Wildman–Crippen LogP) is 3.19. The van der Waals surface area contributed by atoms with Gasteiger partial charge in [0.05, 0.1) is 10.9 Å². The second kappa shape index (κ2) is 7.19. The molecule has 1 saturated carbocycles. The third kappa shape index (κ3) is 3.14. The number of anilines is 1. The lowest BCUT2D eigenvalue weighted by atomic mass is 9.59. The molecule has 2 amide bonds. The number of hydrogen-bond acceptors (Lipinski definition) is 3. The zero-order chi connectivity index (χ0) is 18.9. The van der Waals surface area contributed by atoms with Crippen LogP contribution in [0.2, 0.25) is 0 Å².